The normalized spacial score (nSPS) is 20.0. The molecule has 1 aliphatic heterocycles. The van der Waals surface area contributed by atoms with E-state index in [4.69, 9.17) is 5.11 Å². The minimum atomic E-state index is -0.828. The van der Waals surface area contributed by atoms with E-state index in [1.54, 1.807) is 0 Å². The number of hydrogen-bond acceptors (Lipinski definition) is 5. The molecular weight excluding hydrogens is 356 g/mol. The Kier molecular flexibility index (Phi) is 8.71. The first-order valence-corrected chi connectivity index (χ1v) is 10.7. The van der Waals surface area contributed by atoms with Gasteiger partial charge in [-0.15, -0.1) is 0 Å². The molecule has 0 aromatic heterocycles. The maximum Gasteiger partial charge on any atom is 0.327 e. The standard InChI is InChI=1S/C18H30N2O5S/c21-15(14-6-2-1-3-7-14)8-10-19-12-16(22)20(18(19)25)9-4-5-11-26-13-17(23)24/h14-15,21H,1-13H2,(H,23,24). The van der Waals surface area contributed by atoms with E-state index in [0.29, 0.717) is 37.6 Å². The molecule has 8 heteroatoms. The van der Waals surface area contributed by atoms with Gasteiger partial charge in [-0.1, -0.05) is 19.3 Å². The van der Waals surface area contributed by atoms with Crippen molar-refractivity contribution >= 4 is 29.7 Å². The molecule has 7 nitrogen and oxygen atoms in total. The Balaban J connectivity index is 1.66. The number of hydrogen-bond donors (Lipinski definition) is 2. The molecule has 0 spiro atoms. The number of urea groups is 1. The van der Waals surface area contributed by atoms with Crippen molar-refractivity contribution in [2.45, 2.75) is 57.5 Å². The first-order valence-electron chi connectivity index (χ1n) is 9.56. The van der Waals surface area contributed by atoms with Crippen molar-refractivity contribution in [3.05, 3.63) is 0 Å². The molecule has 26 heavy (non-hydrogen) atoms. The number of carbonyl (C=O) groups is 3. The van der Waals surface area contributed by atoms with Gasteiger partial charge in [0.15, 0.2) is 0 Å². The number of carbonyl (C=O) groups excluding carboxylic acids is 2. The first-order chi connectivity index (χ1) is 12.5. The molecule has 1 heterocycles. The van der Waals surface area contributed by atoms with Crippen LogP contribution in [0, 0.1) is 5.92 Å². The van der Waals surface area contributed by atoms with Crippen LogP contribution >= 0.6 is 11.8 Å². The van der Waals surface area contributed by atoms with Gasteiger partial charge in [0.2, 0.25) is 5.91 Å². The largest absolute Gasteiger partial charge is 0.481 e. The number of carboxylic acids is 1. The zero-order chi connectivity index (χ0) is 18.9. The third-order valence-corrected chi connectivity index (χ3v) is 6.19. The lowest BCUT2D eigenvalue weighted by molar-refractivity contribution is -0.134. The molecule has 0 aromatic carbocycles. The maximum atomic E-state index is 12.4. The van der Waals surface area contributed by atoms with Crippen molar-refractivity contribution in [1.29, 1.82) is 0 Å². The van der Waals surface area contributed by atoms with Crippen LogP contribution in [0.5, 0.6) is 0 Å². The molecule has 148 valence electrons. The van der Waals surface area contributed by atoms with Crippen LogP contribution in [0.25, 0.3) is 0 Å². The lowest BCUT2D eigenvalue weighted by atomic mass is 9.84. The minimum Gasteiger partial charge on any atom is -0.481 e. The molecular formula is C18H30N2O5S. The summed E-state index contributed by atoms with van der Waals surface area (Å²) in [5.74, 6) is 0.112. The molecule has 2 N–H and O–H groups in total. The highest BCUT2D eigenvalue weighted by Gasteiger charge is 2.35. The fourth-order valence-electron chi connectivity index (χ4n) is 3.66. The number of unbranched alkanes of at least 4 members (excludes halogenated alkanes) is 1. The molecule has 1 saturated heterocycles. The van der Waals surface area contributed by atoms with E-state index in [1.165, 1.54) is 40.8 Å². The van der Waals surface area contributed by atoms with Crippen molar-refractivity contribution in [3.63, 3.8) is 0 Å². The molecule has 0 bridgehead atoms. The maximum absolute atomic E-state index is 12.4. The van der Waals surface area contributed by atoms with Crippen LogP contribution in [0.2, 0.25) is 0 Å². The zero-order valence-electron chi connectivity index (χ0n) is 15.3. The number of imide groups is 1. The quantitative estimate of drug-likeness (QED) is 0.417. The van der Waals surface area contributed by atoms with Crippen molar-refractivity contribution in [1.82, 2.24) is 9.80 Å². The number of aliphatic carboxylic acids is 1. The van der Waals surface area contributed by atoms with Gasteiger partial charge in [0.05, 0.1) is 11.9 Å². The number of aliphatic hydroxyl groups excluding tert-OH is 1. The summed E-state index contributed by atoms with van der Waals surface area (Å²) in [6.45, 7) is 0.907. The Morgan fingerprint density at radius 3 is 2.58 bits per heavy atom. The summed E-state index contributed by atoms with van der Waals surface area (Å²) >= 11 is 1.34. The number of aliphatic hydroxyl groups is 1. The Morgan fingerprint density at radius 1 is 1.15 bits per heavy atom. The Bertz CT molecular complexity index is 496. The van der Waals surface area contributed by atoms with E-state index in [2.05, 4.69) is 0 Å². The molecule has 1 unspecified atom stereocenters. The number of rotatable bonds is 11. The van der Waals surface area contributed by atoms with Gasteiger partial charge in [0.25, 0.3) is 0 Å². The average molecular weight is 387 g/mol. The highest BCUT2D eigenvalue weighted by Crippen LogP contribution is 2.28. The smallest absolute Gasteiger partial charge is 0.327 e. The topological polar surface area (TPSA) is 98.2 Å². The molecule has 2 rings (SSSR count). The summed E-state index contributed by atoms with van der Waals surface area (Å²) < 4.78 is 0. The van der Waals surface area contributed by atoms with Crippen LogP contribution in [0.15, 0.2) is 0 Å². The molecule has 1 saturated carbocycles. The number of thioether (sulfide) groups is 1. The van der Waals surface area contributed by atoms with Gasteiger partial charge in [0.1, 0.15) is 6.54 Å². The second-order valence-corrected chi connectivity index (χ2v) is 8.26. The summed E-state index contributed by atoms with van der Waals surface area (Å²) in [6.07, 6.45) is 7.29. The second kappa shape index (κ2) is 10.8. The summed E-state index contributed by atoms with van der Waals surface area (Å²) in [6, 6.07) is -0.260. The van der Waals surface area contributed by atoms with E-state index in [1.807, 2.05) is 0 Å². The Labute approximate surface area is 159 Å². The predicted octanol–water partition coefficient (Wildman–Crippen LogP) is 2.18. The van der Waals surface area contributed by atoms with Gasteiger partial charge in [-0.3, -0.25) is 14.5 Å². The third-order valence-electron chi connectivity index (χ3n) is 5.16. The minimum absolute atomic E-state index is 0.0820. The number of carboxylic acid groups (broad SMARTS) is 1. The Morgan fingerprint density at radius 2 is 1.88 bits per heavy atom. The number of nitrogens with zero attached hydrogens (tertiary/aromatic N) is 2. The van der Waals surface area contributed by atoms with Crippen LogP contribution in [0.3, 0.4) is 0 Å². The van der Waals surface area contributed by atoms with Crippen molar-refractivity contribution in [2.75, 3.05) is 31.1 Å². The van der Waals surface area contributed by atoms with Gasteiger partial charge in [-0.05, 0) is 43.8 Å². The van der Waals surface area contributed by atoms with Crippen LogP contribution in [-0.2, 0) is 9.59 Å². The van der Waals surface area contributed by atoms with Crippen LogP contribution < -0.4 is 0 Å². The van der Waals surface area contributed by atoms with E-state index >= 15 is 0 Å². The van der Waals surface area contributed by atoms with E-state index < -0.39 is 12.1 Å². The van der Waals surface area contributed by atoms with Crippen LogP contribution in [0.1, 0.15) is 51.4 Å². The number of amides is 3. The van der Waals surface area contributed by atoms with E-state index in [-0.39, 0.29) is 24.2 Å². The van der Waals surface area contributed by atoms with Crippen LogP contribution in [0.4, 0.5) is 4.79 Å². The van der Waals surface area contributed by atoms with Gasteiger partial charge in [0, 0.05) is 13.1 Å². The van der Waals surface area contributed by atoms with Gasteiger partial charge >= 0.3 is 12.0 Å². The molecule has 1 atom stereocenters. The lowest BCUT2D eigenvalue weighted by Crippen LogP contribution is -2.36. The molecule has 0 radical (unpaired) electrons. The average Bonchev–Trinajstić information content (AvgIpc) is 2.90. The second-order valence-electron chi connectivity index (χ2n) is 7.16. The van der Waals surface area contributed by atoms with Gasteiger partial charge < -0.3 is 15.1 Å². The summed E-state index contributed by atoms with van der Waals surface area (Å²) in [5, 5.41) is 18.9. The third kappa shape index (κ3) is 6.46. The summed E-state index contributed by atoms with van der Waals surface area (Å²) in [7, 11) is 0. The molecule has 2 aliphatic rings. The van der Waals surface area contributed by atoms with E-state index in [9.17, 15) is 19.5 Å². The lowest BCUT2D eigenvalue weighted by Gasteiger charge is -2.27. The van der Waals surface area contributed by atoms with Gasteiger partial charge in [-0.25, -0.2) is 4.79 Å². The Hall–Kier alpha value is -1.28. The highest BCUT2D eigenvalue weighted by atomic mass is 32.2. The first kappa shape index (κ1) is 21.0. The highest BCUT2D eigenvalue weighted by molar-refractivity contribution is 7.99. The van der Waals surface area contributed by atoms with Gasteiger partial charge in [-0.2, -0.15) is 11.8 Å². The van der Waals surface area contributed by atoms with Crippen LogP contribution in [-0.4, -0.2) is 75.2 Å². The van der Waals surface area contributed by atoms with Crippen molar-refractivity contribution < 1.29 is 24.6 Å². The molecule has 1 aliphatic carbocycles. The molecule has 3 amide bonds. The zero-order valence-corrected chi connectivity index (χ0v) is 16.1. The molecule has 2 fully saturated rings. The summed E-state index contributed by atoms with van der Waals surface area (Å²) in [4.78, 5) is 37.7. The fourth-order valence-corrected chi connectivity index (χ4v) is 4.39. The van der Waals surface area contributed by atoms with Crippen molar-refractivity contribution in [2.24, 2.45) is 5.92 Å². The fraction of sp³-hybridized carbons (Fsp3) is 0.833. The van der Waals surface area contributed by atoms with Crippen molar-refractivity contribution in [3.8, 4) is 0 Å². The SMILES string of the molecule is O=C(O)CSCCCCN1C(=O)CN(CCC(O)C2CCCCC2)C1=O. The molecule has 0 aromatic rings. The predicted molar refractivity (Wildman–Crippen MR) is 100 cm³/mol. The summed E-state index contributed by atoms with van der Waals surface area (Å²) in [5.41, 5.74) is 0. The monoisotopic (exact) mass is 386 g/mol. The van der Waals surface area contributed by atoms with E-state index in [0.717, 1.165) is 19.3 Å².